The molecule has 5 nitrogen and oxygen atoms in total. The molecule has 0 spiro atoms. The third kappa shape index (κ3) is 1.32. The number of hydrogen-bond acceptors (Lipinski definition) is 4. The van der Waals surface area contributed by atoms with Gasteiger partial charge in [0.25, 0.3) is 0 Å². The molecule has 0 saturated heterocycles. The zero-order valence-corrected chi connectivity index (χ0v) is 7.56. The number of fused-ring (bicyclic) bond motifs is 1. The van der Waals surface area contributed by atoms with Crippen LogP contribution >= 0.6 is 0 Å². The van der Waals surface area contributed by atoms with Crippen LogP contribution in [0.1, 0.15) is 12.6 Å². The summed E-state index contributed by atoms with van der Waals surface area (Å²) in [7, 11) is 0. The first-order valence-corrected chi connectivity index (χ1v) is 4.11. The summed E-state index contributed by atoms with van der Waals surface area (Å²) in [6, 6.07) is 2.35. The molecule has 0 amide bonds. The molecule has 0 aromatic carbocycles. The predicted molar refractivity (Wildman–Crippen MR) is 46.7 cm³/mol. The van der Waals surface area contributed by atoms with E-state index in [0.717, 1.165) is 11.3 Å². The molecule has 13 heavy (non-hydrogen) atoms. The number of aromatic nitrogens is 4. The quantitative estimate of drug-likeness (QED) is 0.683. The van der Waals surface area contributed by atoms with Crippen molar-refractivity contribution in [3.05, 3.63) is 18.1 Å². The van der Waals surface area contributed by atoms with E-state index in [0.29, 0.717) is 12.6 Å². The second kappa shape index (κ2) is 3.01. The van der Waals surface area contributed by atoms with Gasteiger partial charge in [-0.15, -0.1) is 0 Å². The maximum Gasteiger partial charge on any atom is 0.319 e. The molecule has 2 rings (SSSR count). The van der Waals surface area contributed by atoms with Gasteiger partial charge >= 0.3 is 6.01 Å². The molecule has 0 atom stereocenters. The number of aryl methyl sites for hydroxylation is 1. The van der Waals surface area contributed by atoms with Gasteiger partial charge in [0.1, 0.15) is 6.33 Å². The maximum atomic E-state index is 5.31. The Labute approximate surface area is 75.4 Å². The van der Waals surface area contributed by atoms with Crippen LogP contribution in [0.4, 0.5) is 0 Å². The smallest absolute Gasteiger partial charge is 0.319 e. The lowest BCUT2D eigenvalue weighted by atomic mass is 10.4. The number of rotatable bonds is 2. The summed E-state index contributed by atoms with van der Waals surface area (Å²) in [5, 5.41) is 4.00. The summed E-state index contributed by atoms with van der Waals surface area (Å²) in [5.41, 5.74) is 1.64. The van der Waals surface area contributed by atoms with E-state index in [1.165, 1.54) is 6.33 Å². The summed E-state index contributed by atoms with van der Waals surface area (Å²) in [5.74, 6) is 0. The fraction of sp³-hybridized carbons (Fsp3) is 0.375. The molecular weight excluding hydrogens is 168 g/mol. The van der Waals surface area contributed by atoms with Gasteiger partial charge in [-0.05, 0) is 13.8 Å². The molecule has 0 bridgehead atoms. The molecule has 5 heteroatoms. The van der Waals surface area contributed by atoms with Crippen LogP contribution in [-0.4, -0.2) is 26.2 Å². The zero-order valence-electron chi connectivity index (χ0n) is 7.56. The van der Waals surface area contributed by atoms with Crippen molar-refractivity contribution < 1.29 is 4.74 Å². The highest BCUT2D eigenvalue weighted by molar-refractivity contribution is 5.39. The second-order valence-corrected chi connectivity index (χ2v) is 2.64. The monoisotopic (exact) mass is 178 g/mol. The first kappa shape index (κ1) is 7.97. The van der Waals surface area contributed by atoms with E-state index in [2.05, 4.69) is 15.1 Å². The summed E-state index contributed by atoms with van der Waals surface area (Å²) in [4.78, 5) is 8.26. The molecule has 0 N–H and O–H groups in total. The largest absolute Gasteiger partial charge is 0.464 e. The van der Waals surface area contributed by atoms with E-state index in [1.54, 1.807) is 4.52 Å². The Bertz CT molecular complexity index is 423. The summed E-state index contributed by atoms with van der Waals surface area (Å²) in [6.45, 7) is 4.38. The van der Waals surface area contributed by atoms with Crippen molar-refractivity contribution >= 4 is 5.65 Å². The molecule has 2 aromatic rings. The summed E-state index contributed by atoms with van der Waals surface area (Å²) < 4.78 is 6.89. The maximum absolute atomic E-state index is 5.31. The molecule has 0 unspecified atom stereocenters. The molecule has 0 saturated carbocycles. The standard InChI is InChI=1S/C8H10N4O/c1-3-13-8-11-6(2)4-7-9-5-10-12(7)8/h4-5H,3H2,1-2H3. The minimum Gasteiger partial charge on any atom is -0.464 e. The average molecular weight is 178 g/mol. The number of hydrogen-bond donors (Lipinski definition) is 0. The van der Waals surface area contributed by atoms with Gasteiger partial charge in [0, 0.05) is 11.8 Å². The van der Waals surface area contributed by atoms with E-state index in [9.17, 15) is 0 Å². The molecule has 2 heterocycles. The van der Waals surface area contributed by atoms with Crippen LogP contribution in [0, 0.1) is 6.92 Å². The Hall–Kier alpha value is -1.65. The van der Waals surface area contributed by atoms with E-state index < -0.39 is 0 Å². The fourth-order valence-corrected chi connectivity index (χ4v) is 1.14. The van der Waals surface area contributed by atoms with Crippen LogP contribution in [0.25, 0.3) is 5.65 Å². The molecule has 2 aromatic heterocycles. The first-order valence-electron chi connectivity index (χ1n) is 4.11. The van der Waals surface area contributed by atoms with Crippen LogP contribution < -0.4 is 4.74 Å². The Morgan fingerprint density at radius 1 is 1.54 bits per heavy atom. The van der Waals surface area contributed by atoms with Crippen molar-refractivity contribution in [1.29, 1.82) is 0 Å². The molecule has 0 aliphatic carbocycles. The van der Waals surface area contributed by atoms with Crippen LogP contribution in [-0.2, 0) is 0 Å². The van der Waals surface area contributed by atoms with Gasteiger partial charge in [0.2, 0.25) is 0 Å². The molecule has 0 radical (unpaired) electrons. The minimum absolute atomic E-state index is 0.495. The Kier molecular flexibility index (Phi) is 1.84. The summed E-state index contributed by atoms with van der Waals surface area (Å²) in [6.07, 6.45) is 1.49. The third-order valence-electron chi connectivity index (χ3n) is 1.64. The lowest BCUT2D eigenvalue weighted by molar-refractivity contribution is 0.302. The van der Waals surface area contributed by atoms with Crippen LogP contribution in [0.3, 0.4) is 0 Å². The number of ether oxygens (including phenoxy) is 1. The van der Waals surface area contributed by atoms with Crippen molar-refractivity contribution in [3.63, 3.8) is 0 Å². The Morgan fingerprint density at radius 3 is 3.15 bits per heavy atom. The first-order chi connectivity index (χ1) is 6.31. The van der Waals surface area contributed by atoms with E-state index in [1.807, 2.05) is 19.9 Å². The van der Waals surface area contributed by atoms with Crippen LogP contribution in [0.15, 0.2) is 12.4 Å². The molecule has 0 fully saturated rings. The van der Waals surface area contributed by atoms with Gasteiger partial charge in [-0.3, -0.25) is 0 Å². The Morgan fingerprint density at radius 2 is 2.38 bits per heavy atom. The summed E-state index contributed by atoms with van der Waals surface area (Å²) >= 11 is 0. The number of nitrogens with zero attached hydrogens (tertiary/aromatic N) is 4. The topological polar surface area (TPSA) is 52.3 Å². The van der Waals surface area contributed by atoms with Crippen LogP contribution in [0.5, 0.6) is 6.01 Å². The van der Waals surface area contributed by atoms with Crippen molar-refractivity contribution in [2.24, 2.45) is 0 Å². The molecular formula is C8H10N4O. The molecule has 0 aliphatic rings. The van der Waals surface area contributed by atoms with E-state index in [4.69, 9.17) is 4.74 Å². The van der Waals surface area contributed by atoms with E-state index >= 15 is 0 Å². The van der Waals surface area contributed by atoms with Crippen molar-refractivity contribution in [1.82, 2.24) is 19.6 Å². The third-order valence-corrected chi connectivity index (χ3v) is 1.64. The van der Waals surface area contributed by atoms with Gasteiger partial charge in [0.15, 0.2) is 5.65 Å². The fourth-order valence-electron chi connectivity index (χ4n) is 1.14. The molecule has 68 valence electrons. The van der Waals surface area contributed by atoms with Gasteiger partial charge in [-0.25, -0.2) is 9.97 Å². The van der Waals surface area contributed by atoms with Gasteiger partial charge in [-0.2, -0.15) is 9.61 Å². The van der Waals surface area contributed by atoms with Gasteiger partial charge < -0.3 is 4.74 Å². The van der Waals surface area contributed by atoms with Crippen molar-refractivity contribution in [2.45, 2.75) is 13.8 Å². The highest BCUT2D eigenvalue weighted by Gasteiger charge is 2.05. The van der Waals surface area contributed by atoms with Crippen molar-refractivity contribution in [3.8, 4) is 6.01 Å². The molecule has 0 aliphatic heterocycles. The lowest BCUT2D eigenvalue weighted by Gasteiger charge is -2.03. The SMILES string of the molecule is CCOc1nc(C)cc2ncnn12. The highest BCUT2D eigenvalue weighted by atomic mass is 16.5. The zero-order chi connectivity index (χ0) is 9.26. The van der Waals surface area contributed by atoms with Crippen LogP contribution in [0.2, 0.25) is 0 Å². The lowest BCUT2D eigenvalue weighted by Crippen LogP contribution is -2.03. The predicted octanol–water partition coefficient (Wildman–Crippen LogP) is 0.831. The van der Waals surface area contributed by atoms with Gasteiger partial charge in [-0.1, -0.05) is 0 Å². The van der Waals surface area contributed by atoms with Gasteiger partial charge in [0.05, 0.1) is 6.61 Å². The minimum atomic E-state index is 0.495. The highest BCUT2D eigenvalue weighted by Crippen LogP contribution is 2.10. The average Bonchev–Trinajstić information content (AvgIpc) is 2.52. The van der Waals surface area contributed by atoms with E-state index in [-0.39, 0.29) is 0 Å². The normalized spacial score (nSPS) is 10.6. The Balaban J connectivity index is 2.63. The second-order valence-electron chi connectivity index (χ2n) is 2.64. The van der Waals surface area contributed by atoms with Crippen molar-refractivity contribution in [2.75, 3.05) is 6.61 Å².